The number of aryl methyl sites for hydroxylation is 1. The van der Waals surface area contributed by atoms with Crippen LogP contribution in [0.1, 0.15) is 19.4 Å². The quantitative estimate of drug-likeness (QED) is 0.775. The predicted molar refractivity (Wildman–Crippen MR) is 70.3 cm³/mol. The molecule has 0 spiro atoms. The van der Waals surface area contributed by atoms with Gasteiger partial charge in [-0.15, -0.1) is 0 Å². The predicted octanol–water partition coefficient (Wildman–Crippen LogP) is 2.88. The lowest BCUT2D eigenvalue weighted by atomic mass is 10.2. The van der Waals surface area contributed by atoms with Crippen LogP contribution in [0, 0.1) is 6.92 Å². The molecular weight excluding hydrogens is 220 g/mol. The fourth-order valence-electron chi connectivity index (χ4n) is 1.17. The summed E-state index contributed by atoms with van der Waals surface area (Å²) in [5, 5.41) is 9.57. The summed E-state index contributed by atoms with van der Waals surface area (Å²) >= 11 is 1.73. The molecule has 1 N–H and O–H groups in total. The van der Waals surface area contributed by atoms with Gasteiger partial charge in [0.25, 0.3) is 0 Å². The molecule has 3 heteroatoms. The highest BCUT2D eigenvalue weighted by Gasteiger charge is 2.08. The minimum Gasteiger partial charge on any atom is -0.493 e. The molecule has 0 heterocycles. The molecule has 0 aromatic heterocycles. The summed E-state index contributed by atoms with van der Waals surface area (Å²) in [6.07, 6.45) is -0.260. The van der Waals surface area contributed by atoms with Crippen LogP contribution in [-0.4, -0.2) is 28.8 Å². The molecule has 0 bridgehead atoms. The lowest BCUT2D eigenvalue weighted by molar-refractivity contribution is 0.196. The van der Waals surface area contributed by atoms with Crippen LogP contribution >= 0.6 is 11.8 Å². The van der Waals surface area contributed by atoms with E-state index in [-0.39, 0.29) is 11.4 Å². The average molecular weight is 240 g/mol. The van der Waals surface area contributed by atoms with Crippen LogP contribution in [0.4, 0.5) is 0 Å². The van der Waals surface area contributed by atoms with Gasteiger partial charge in [0.05, 0.1) is 12.7 Å². The van der Waals surface area contributed by atoms with Crippen molar-refractivity contribution in [2.75, 3.05) is 12.4 Å². The Kier molecular flexibility index (Phi) is 5.71. The van der Waals surface area contributed by atoms with Crippen molar-refractivity contribution in [3.05, 3.63) is 29.8 Å². The first-order valence-corrected chi connectivity index (χ1v) is 6.63. The molecule has 1 aromatic rings. The summed E-state index contributed by atoms with van der Waals surface area (Å²) < 4.78 is 5.59. The van der Waals surface area contributed by atoms with E-state index in [4.69, 9.17) is 4.74 Å². The van der Waals surface area contributed by atoms with Gasteiger partial charge in [-0.3, -0.25) is 0 Å². The highest BCUT2D eigenvalue weighted by molar-refractivity contribution is 7.99. The van der Waals surface area contributed by atoms with Crippen LogP contribution in [0.3, 0.4) is 0 Å². The van der Waals surface area contributed by atoms with Crippen molar-refractivity contribution in [3.8, 4) is 5.75 Å². The largest absolute Gasteiger partial charge is 0.493 e. The molecule has 90 valence electrons. The second-order valence-electron chi connectivity index (χ2n) is 3.98. The standard InChI is InChI=1S/C13H20O2S/c1-10-4-6-13(7-5-10)15-8-9-16-12(3)11(2)14/h4-7,11-12,14H,8-9H2,1-3H3. The molecule has 0 saturated heterocycles. The van der Waals surface area contributed by atoms with E-state index in [0.717, 1.165) is 11.5 Å². The first-order valence-electron chi connectivity index (χ1n) is 5.58. The topological polar surface area (TPSA) is 29.5 Å². The Labute approximate surface area is 102 Å². The lowest BCUT2D eigenvalue weighted by Gasteiger charge is -2.14. The lowest BCUT2D eigenvalue weighted by Crippen LogP contribution is -2.17. The first kappa shape index (κ1) is 13.4. The van der Waals surface area contributed by atoms with Crippen LogP contribution in [0.5, 0.6) is 5.75 Å². The van der Waals surface area contributed by atoms with Gasteiger partial charge in [0.2, 0.25) is 0 Å². The summed E-state index contributed by atoms with van der Waals surface area (Å²) in [6, 6.07) is 8.05. The Morgan fingerprint density at radius 3 is 2.44 bits per heavy atom. The molecule has 0 radical (unpaired) electrons. The fourth-order valence-corrected chi connectivity index (χ4v) is 2.00. The number of aliphatic hydroxyl groups is 1. The van der Waals surface area contributed by atoms with Crippen molar-refractivity contribution >= 4 is 11.8 Å². The van der Waals surface area contributed by atoms with Crippen molar-refractivity contribution in [1.29, 1.82) is 0 Å². The maximum absolute atomic E-state index is 9.31. The van der Waals surface area contributed by atoms with Crippen LogP contribution in [-0.2, 0) is 0 Å². The number of hydrogen-bond donors (Lipinski definition) is 1. The Balaban J connectivity index is 2.18. The van der Waals surface area contributed by atoms with Crippen LogP contribution < -0.4 is 4.74 Å². The molecule has 1 rings (SSSR count). The molecule has 2 atom stereocenters. The number of aliphatic hydroxyl groups excluding tert-OH is 1. The number of hydrogen-bond acceptors (Lipinski definition) is 3. The summed E-state index contributed by atoms with van der Waals surface area (Å²) in [5.74, 6) is 1.82. The maximum Gasteiger partial charge on any atom is 0.119 e. The smallest absolute Gasteiger partial charge is 0.119 e. The van der Waals surface area contributed by atoms with Gasteiger partial charge < -0.3 is 9.84 Å². The third kappa shape index (κ3) is 4.90. The monoisotopic (exact) mass is 240 g/mol. The van der Waals surface area contributed by atoms with Crippen molar-refractivity contribution in [2.45, 2.75) is 32.1 Å². The van der Waals surface area contributed by atoms with Gasteiger partial charge in [-0.05, 0) is 26.0 Å². The number of thioether (sulfide) groups is 1. The Morgan fingerprint density at radius 1 is 1.25 bits per heavy atom. The van der Waals surface area contributed by atoms with Gasteiger partial charge in [0, 0.05) is 11.0 Å². The van der Waals surface area contributed by atoms with Crippen molar-refractivity contribution < 1.29 is 9.84 Å². The molecular formula is C13H20O2S. The Morgan fingerprint density at radius 2 is 1.88 bits per heavy atom. The van der Waals surface area contributed by atoms with E-state index in [0.29, 0.717) is 6.61 Å². The number of rotatable bonds is 6. The minimum atomic E-state index is -0.260. The van der Waals surface area contributed by atoms with Gasteiger partial charge in [-0.1, -0.05) is 24.6 Å². The molecule has 0 fully saturated rings. The molecule has 0 aliphatic carbocycles. The van der Waals surface area contributed by atoms with E-state index in [1.807, 2.05) is 38.1 Å². The molecule has 16 heavy (non-hydrogen) atoms. The molecule has 0 saturated carbocycles. The van der Waals surface area contributed by atoms with E-state index in [1.165, 1.54) is 5.56 Å². The number of benzene rings is 1. The molecule has 0 amide bonds. The van der Waals surface area contributed by atoms with E-state index in [9.17, 15) is 5.11 Å². The SMILES string of the molecule is Cc1ccc(OCCSC(C)C(C)O)cc1. The maximum atomic E-state index is 9.31. The van der Waals surface area contributed by atoms with Crippen molar-refractivity contribution in [1.82, 2.24) is 0 Å². The van der Waals surface area contributed by atoms with Gasteiger partial charge in [0.1, 0.15) is 5.75 Å². The summed E-state index contributed by atoms with van der Waals surface area (Å²) in [5.41, 5.74) is 1.24. The van der Waals surface area contributed by atoms with E-state index in [2.05, 4.69) is 6.92 Å². The highest BCUT2D eigenvalue weighted by atomic mass is 32.2. The van der Waals surface area contributed by atoms with E-state index in [1.54, 1.807) is 11.8 Å². The zero-order valence-corrected chi connectivity index (χ0v) is 11.0. The third-order valence-electron chi connectivity index (χ3n) is 2.43. The second-order valence-corrected chi connectivity index (χ2v) is 5.46. The average Bonchev–Trinajstić information content (AvgIpc) is 2.26. The van der Waals surface area contributed by atoms with Gasteiger partial charge in [-0.25, -0.2) is 0 Å². The zero-order chi connectivity index (χ0) is 12.0. The Bertz CT molecular complexity index is 295. The molecule has 1 aromatic carbocycles. The zero-order valence-electron chi connectivity index (χ0n) is 10.1. The molecule has 2 unspecified atom stereocenters. The number of ether oxygens (including phenoxy) is 1. The van der Waals surface area contributed by atoms with Gasteiger partial charge in [-0.2, -0.15) is 11.8 Å². The van der Waals surface area contributed by atoms with Crippen LogP contribution in [0.15, 0.2) is 24.3 Å². The third-order valence-corrected chi connectivity index (χ3v) is 3.76. The first-order chi connectivity index (χ1) is 7.59. The van der Waals surface area contributed by atoms with Gasteiger partial charge >= 0.3 is 0 Å². The Hall–Kier alpha value is -0.670. The molecule has 0 aliphatic rings. The molecule has 2 nitrogen and oxygen atoms in total. The van der Waals surface area contributed by atoms with E-state index >= 15 is 0 Å². The normalized spacial score (nSPS) is 14.5. The van der Waals surface area contributed by atoms with E-state index < -0.39 is 0 Å². The fraction of sp³-hybridized carbons (Fsp3) is 0.538. The van der Waals surface area contributed by atoms with Crippen molar-refractivity contribution in [2.24, 2.45) is 0 Å². The second kappa shape index (κ2) is 6.81. The van der Waals surface area contributed by atoms with Crippen molar-refractivity contribution in [3.63, 3.8) is 0 Å². The van der Waals surface area contributed by atoms with Crippen LogP contribution in [0.25, 0.3) is 0 Å². The highest BCUT2D eigenvalue weighted by Crippen LogP contribution is 2.15. The molecule has 0 aliphatic heterocycles. The van der Waals surface area contributed by atoms with Crippen LogP contribution in [0.2, 0.25) is 0 Å². The summed E-state index contributed by atoms with van der Waals surface area (Å²) in [6.45, 7) is 6.59. The summed E-state index contributed by atoms with van der Waals surface area (Å²) in [4.78, 5) is 0. The summed E-state index contributed by atoms with van der Waals surface area (Å²) in [7, 11) is 0. The van der Waals surface area contributed by atoms with Gasteiger partial charge in [0.15, 0.2) is 0 Å². The minimum absolute atomic E-state index is 0.260.